The van der Waals surface area contributed by atoms with Crippen LogP contribution in [0.1, 0.15) is 32.6 Å². The molecule has 2 N–H and O–H groups in total. The van der Waals surface area contributed by atoms with E-state index in [2.05, 4.69) is 6.92 Å². The Bertz CT molecular complexity index is 59.6. The molecule has 10 heavy (non-hydrogen) atoms. The van der Waals surface area contributed by atoms with Gasteiger partial charge in [0.05, 0.1) is 6.10 Å². The summed E-state index contributed by atoms with van der Waals surface area (Å²) in [5.41, 5.74) is 0. The first-order valence-corrected chi connectivity index (χ1v) is 3.60. The van der Waals surface area contributed by atoms with Crippen molar-refractivity contribution in [3.05, 3.63) is 0 Å². The van der Waals surface area contributed by atoms with E-state index in [0.29, 0.717) is 6.42 Å². The second-order valence-corrected chi connectivity index (χ2v) is 2.31. The summed E-state index contributed by atoms with van der Waals surface area (Å²) in [6.07, 6.45) is 3.25. The summed E-state index contributed by atoms with van der Waals surface area (Å²) in [5.74, 6) is 0. The van der Waals surface area contributed by atoms with Gasteiger partial charge in [-0.3, -0.25) is 0 Å². The summed E-state index contributed by atoms with van der Waals surface area (Å²) in [5, 5.41) is 17.4. The van der Waals surface area contributed by atoms with Crippen LogP contribution >= 0.6 is 0 Å². The molecule has 1 unspecified atom stereocenters. The molecule has 0 spiro atoms. The largest absolute Gasteiger partial charge is 0.396 e. The van der Waals surface area contributed by atoms with Crippen molar-refractivity contribution in [1.29, 1.82) is 0 Å². The van der Waals surface area contributed by atoms with E-state index in [1.54, 1.807) is 0 Å². The minimum atomic E-state index is -0.282. The molecule has 0 aliphatic carbocycles. The van der Waals surface area contributed by atoms with Crippen molar-refractivity contribution in [3.63, 3.8) is 0 Å². The Morgan fingerprint density at radius 3 is 2.30 bits per heavy atom. The van der Waals surface area contributed by atoms with Crippen LogP contribution in [-0.4, -0.2) is 22.9 Å². The summed E-state index contributed by atoms with van der Waals surface area (Å²) < 4.78 is 0. The van der Waals surface area contributed by atoms with Gasteiger partial charge in [0, 0.05) is 28.3 Å². The fourth-order valence-electron chi connectivity index (χ4n) is 0.733. The molecule has 60 valence electrons. The second kappa shape index (κ2) is 9.63. The molecule has 0 aromatic carbocycles. The van der Waals surface area contributed by atoms with Crippen LogP contribution in [0, 0.1) is 0 Å². The summed E-state index contributed by atoms with van der Waals surface area (Å²) in [6.45, 7) is 2.19. The molecule has 0 saturated carbocycles. The Morgan fingerprint density at radius 2 is 1.90 bits per heavy atom. The van der Waals surface area contributed by atoms with Crippen LogP contribution in [-0.2, 0) is 21.7 Å². The fraction of sp³-hybridized carbons (Fsp3) is 1.00. The summed E-state index contributed by atoms with van der Waals surface area (Å²) >= 11 is 0. The number of aliphatic hydroxyl groups excluding tert-OH is 2. The Hall–Kier alpha value is 0.634. The molecule has 0 fully saturated rings. The Morgan fingerprint density at radius 1 is 1.30 bits per heavy atom. The van der Waals surface area contributed by atoms with Crippen molar-refractivity contribution in [2.24, 2.45) is 0 Å². The summed E-state index contributed by atoms with van der Waals surface area (Å²) in [4.78, 5) is 0. The first-order valence-electron chi connectivity index (χ1n) is 3.60. The fourth-order valence-corrected chi connectivity index (χ4v) is 0.733. The third-order valence-electron chi connectivity index (χ3n) is 1.35. The smallest absolute Gasteiger partial charge is 0.0562 e. The third kappa shape index (κ3) is 8.63. The molecule has 0 saturated heterocycles. The summed E-state index contributed by atoms with van der Waals surface area (Å²) in [6, 6.07) is 0. The Labute approximate surface area is 77.5 Å². The second-order valence-electron chi connectivity index (χ2n) is 2.31. The van der Waals surface area contributed by atoms with Crippen LogP contribution in [0.5, 0.6) is 0 Å². The van der Waals surface area contributed by atoms with Crippen molar-refractivity contribution in [3.8, 4) is 0 Å². The van der Waals surface area contributed by atoms with Gasteiger partial charge in [0.2, 0.25) is 0 Å². The average molecular weight is 180 g/mol. The van der Waals surface area contributed by atoms with Gasteiger partial charge in [-0.25, -0.2) is 0 Å². The molecule has 0 aliphatic rings. The number of unbranched alkanes of at least 4 members (excludes halogenated alkanes) is 1. The molecule has 0 aliphatic heterocycles. The van der Waals surface area contributed by atoms with Crippen molar-refractivity contribution < 1.29 is 31.9 Å². The van der Waals surface area contributed by atoms with E-state index in [1.165, 1.54) is 0 Å². The molecule has 0 radical (unpaired) electrons. The zero-order chi connectivity index (χ0) is 7.11. The number of hydrogen-bond donors (Lipinski definition) is 2. The van der Waals surface area contributed by atoms with Crippen LogP contribution in [0.15, 0.2) is 0 Å². The van der Waals surface area contributed by atoms with Gasteiger partial charge in [0.25, 0.3) is 0 Å². The monoisotopic (exact) mass is 180 g/mol. The van der Waals surface area contributed by atoms with Crippen molar-refractivity contribution >= 4 is 0 Å². The standard InChI is InChI=1S/C7H16O2.Ti/c1-2-3-4-7(9)5-6-8;/h7-9H,2-6H2,1H3;. The number of aliphatic hydroxyl groups is 2. The normalized spacial score (nSPS) is 12.3. The van der Waals surface area contributed by atoms with Gasteiger partial charge in [0.15, 0.2) is 0 Å². The third-order valence-corrected chi connectivity index (χ3v) is 1.35. The van der Waals surface area contributed by atoms with Gasteiger partial charge in [-0.1, -0.05) is 19.8 Å². The Kier molecular flexibility index (Phi) is 12.8. The molecule has 3 heteroatoms. The van der Waals surface area contributed by atoms with Crippen LogP contribution in [0.2, 0.25) is 0 Å². The van der Waals surface area contributed by atoms with E-state index in [1.807, 2.05) is 0 Å². The van der Waals surface area contributed by atoms with Crippen molar-refractivity contribution in [2.75, 3.05) is 6.61 Å². The molecular weight excluding hydrogens is 164 g/mol. The zero-order valence-corrected chi connectivity index (χ0v) is 8.07. The maximum Gasteiger partial charge on any atom is 0.0562 e. The molecule has 0 bridgehead atoms. The SMILES string of the molecule is CCCCC(O)CCO.[Ti]. The van der Waals surface area contributed by atoms with Gasteiger partial charge in [0.1, 0.15) is 0 Å². The molecule has 0 aromatic heterocycles. The minimum Gasteiger partial charge on any atom is -0.396 e. The topological polar surface area (TPSA) is 40.5 Å². The predicted octanol–water partition coefficient (Wildman–Crippen LogP) is 0.917. The molecule has 0 amide bonds. The first-order chi connectivity index (χ1) is 4.31. The molecule has 2 nitrogen and oxygen atoms in total. The van der Waals surface area contributed by atoms with Gasteiger partial charge in [-0.05, 0) is 12.8 Å². The number of rotatable bonds is 5. The van der Waals surface area contributed by atoms with Crippen LogP contribution in [0.25, 0.3) is 0 Å². The van der Waals surface area contributed by atoms with Crippen LogP contribution in [0.3, 0.4) is 0 Å². The van der Waals surface area contributed by atoms with Crippen LogP contribution in [0.4, 0.5) is 0 Å². The molecule has 0 aromatic rings. The van der Waals surface area contributed by atoms with Gasteiger partial charge in [-0.15, -0.1) is 0 Å². The van der Waals surface area contributed by atoms with Gasteiger partial charge < -0.3 is 10.2 Å². The zero-order valence-electron chi connectivity index (χ0n) is 6.51. The Balaban J connectivity index is 0. The molecule has 0 rings (SSSR count). The predicted molar refractivity (Wildman–Crippen MR) is 37.2 cm³/mol. The minimum absolute atomic E-state index is 0. The van der Waals surface area contributed by atoms with E-state index < -0.39 is 0 Å². The maximum atomic E-state index is 9.02. The molecule has 0 heterocycles. The van der Waals surface area contributed by atoms with E-state index in [-0.39, 0.29) is 34.4 Å². The van der Waals surface area contributed by atoms with E-state index >= 15 is 0 Å². The van der Waals surface area contributed by atoms with Gasteiger partial charge >= 0.3 is 0 Å². The van der Waals surface area contributed by atoms with Crippen molar-refractivity contribution in [1.82, 2.24) is 0 Å². The average Bonchev–Trinajstić information content (AvgIpc) is 1.85. The molecule has 1 atom stereocenters. The first kappa shape index (κ1) is 13.2. The van der Waals surface area contributed by atoms with E-state index in [0.717, 1.165) is 19.3 Å². The molecular formula is C7H16O2Ti. The van der Waals surface area contributed by atoms with Gasteiger partial charge in [-0.2, -0.15) is 0 Å². The van der Waals surface area contributed by atoms with Crippen LogP contribution < -0.4 is 0 Å². The van der Waals surface area contributed by atoms with E-state index in [4.69, 9.17) is 10.2 Å². The van der Waals surface area contributed by atoms with Crippen molar-refractivity contribution in [2.45, 2.75) is 38.7 Å². The quantitative estimate of drug-likeness (QED) is 0.617. The summed E-state index contributed by atoms with van der Waals surface area (Å²) in [7, 11) is 0. The van der Waals surface area contributed by atoms with E-state index in [9.17, 15) is 0 Å². The number of hydrogen-bond acceptors (Lipinski definition) is 2. The maximum absolute atomic E-state index is 9.02.